The minimum absolute atomic E-state index is 0.106. The average molecular weight is 260 g/mol. The minimum Gasteiger partial charge on any atom is -0.364 e. The maximum Gasteiger partial charge on any atom is 0.255 e. The molecule has 1 aliphatic carbocycles. The maximum atomic E-state index is 12.3. The Kier molecular flexibility index (Phi) is 2.85. The van der Waals surface area contributed by atoms with Gasteiger partial charge in [0, 0.05) is 25.2 Å². The number of carbonyl (C=O) groups is 1. The lowest BCUT2D eigenvalue weighted by Gasteiger charge is -2.10. The van der Waals surface area contributed by atoms with Gasteiger partial charge in [-0.25, -0.2) is 0 Å². The summed E-state index contributed by atoms with van der Waals surface area (Å²) >= 11 is 0. The van der Waals surface area contributed by atoms with Crippen LogP contribution in [0.15, 0.2) is 23.0 Å². The van der Waals surface area contributed by atoms with E-state index in [2.05, 4.69) is 15.6 Å². The first-order valence-electron chi connectivity index (χ1n) is 6.40. The molecule has 0 spiro atoms. The first kappa shape index (κ1) is 12.0. The highest BCUT2D eigenvalue weighted by molar-refractivity contribution is 5.95. The molecule has 0 aromatic carbocycles. The van der Waals surface area contributed by atoms with Gasteiger partial charge in [0.15, 0.2) is 0 Å². The quantitative estimate of drug-likeness (QED) is 0.909. The fourth-order valence-electron chi connectivity index (χ4n) is 2.13. The van der Waals surface area contributed by atoms with Gasteiger partial charge in [0.05, 0.1) is 17.3 Å². The van der Waals surface area contributed by atoms with Crippen molar-refractivity contribution < 1.29 is 9.32 Å². The second-order valence-electron chi connectivity index (χ2n) is 5.00. The second-order valence-corrected chi connectivity index (χ2v) is 5.00. The number of hydrogen-bond acceptors (Lipinski definition) is 4. The lowest BCUT2D eigenvalue weighted by Crippen LogP contribution is -2.27. The molecule has 0 bridgehead atoms. The van der Waals surface area contributed by atoms with E-state index in [4.69, 9.17) is 4.52 Å². The number of amides is 1. The van der Waals surface area contributed by atoms with Gasteiger partial charge < -0.3 is 9.84 Å². The first-order valence-corrected chi connectivity index (χ1v) is 6.40. The Hall–Kier alpha value is -2.11. The summed E-state index contributed by atoms with van der Waals surface area (Å²) < 4.78 is 6.48. The van der Waals surface area contributed by atoms with Crippen LogP contribution in [0.25, 0.3) is 0 Å². The van der Waals surface area contributed by atoms with Crippen molar-refractivity contribution in [3.63, 3.8) is 0 Å². The smallest absolute Gasteiger partial charge is 0.255 e. The number of hydrogen-bond donors (Lipinski definition) is 1. The normalized spacial score (nSPS) is 16.3. The van der Waals surface area contributed by atoms with Gasteiger partial charge in [-0.1, -0.05) is 5.16 Å². The third kappa shape index (κ3) is 2.38. The van der Waals surface area contributed by atoms with Gasteiger partial charge in [-0.3, -0.25) is 9.48 Å². The van der Waals surface area contributed by atoms with Crippen molar-refractivity contribution >= 4 is 5.91 Å². The van der Waals surface area contributed by atoms with Gasteiger partial charge in [-0.15, -0.1) is 0 Å². The van der Waals surface area contributed by atoms with Gasteiger partial charge in [0.2, 0.25) is 0 Å². The van der Waals surface area contributed by atoms with Gasteiger partial charge in [0.1, 0.15) is 12.0 Å². The van der Waals surface area contributed by atoms with E-state index in [1.54, 1.807) is 16.9 Å². The zero-order chi connectivity index (χ0) is 13.4. The summed E-state index contributed by atoms with van der Waals surface area (Å²) in [6, 6.07) is 1.56. The van der Waals surface area contributed by atoms with E-state index in [0.29, 0.717) is 17.2 Å². The van der Waals surface area contributed by atoms with Crippen molar-refractivity contribution in [1.82, 2.24) is 20.3 Å². The number of aromatic nitrogens is 3. The number of aryl methyl sites for hydroxylation is 1. The molecule has 1 N–H and O–H groups in total. The number of nitrogens with one attached hydrogen (secondary N) is 1. The lowest BCUT2D eigenvalue weighted by molar-refractivity contribution is 0.0937. The van der Waals surface area contributed by atoms with Crippen LogP contribution < -0.4 is 5.32 Å². The van der Waals surface area contributed by atoms with Crippen LogP contribution in [0.3, 0.4) is 0 Å². The summed E-state index contributed by atoms with van der Waals surface area (Å²) in [4.78, 5) is 12.3. The molecule has 2 aromatic rings. The molecule has 100 valence electrons. The van der Waals surface area contributed by atoms with Gasteiger partial charge in [-0.2, -0.15) is 5.10 Å². The fourth-order valence-corrected chi connectivity index (χ4v) is 2.13. The fraction of sp³-hybridized carbons (Fsp3) is 0.462. The van der Waals surface area contributed by atoms with E-state index in [-0.39, 0.29) is 11.9 Å². The summed E-state index contributed by atoms with van der Waals surface area (Å²) in [6.07, 6.45) is 5.52. The van der Waals surface area contributed by atoms with Crippen LogP contribution in [-0.2, 0) is 7.05 Å². The highest BCUT2D eigenvalue weighted by atomic mass is 16.5. The molecular weight excluding hydrogens is 244 g/mol. The predicted molar refractivity (Wildman–Crippen MR) is 67.6 cm³/mol. The van der Waals surface area contributed by atoms with Crippen LogP contribution in [0.2, 0.25) is 0 Å². The third-order valence-electron chi connectivity index (χ3n) is 3.32. The van der Waals surface area contributed by atoms with Crippen LogP contribution in [0, 0.1) is 0 Å². The number of rotatable bonds is 4. The van der Waals surface area contributed by atoms with Crippen LogP contribution >= 0.6 is 0 Å². The Morgan fingerprint density at radius 1 is 1.58 bits per heavy atom. The van der Waals surface area contributed by atoms with Crippen molar-refractivity contribution in [2.75, 3.05) is 0 Å². The van der Waals surface area contributed by atoms with Crippen molar-refractivity contribution in [3.8, 4) is 0 Å². The van der Waals surface area contributed by atoms with Gasteiger partial charge >= 0.3 is 0 Å². The molecule has 1 unspecified atom stereocenters. The molecule has 0 radical (unpaired) electrons. The van der Waals surface area contributed by atoms with E-state index in [0.717, 1.165) is 18.5 Å². The Bertz CT molecular complexity index is 584. The zero-order valence-electron chi connectivity index (χ0n) is 11.0. The summed E-state index contributed by atoms with van der Waals surface area (Å²) in [5.74, 6) is 0.342. The lowest BCUT2D eigenvalue weighted by atomic mass is 10.1. The highest BCUT2D eigenvalue weighted by Gasteiger charge is 2.31. The van der Waals surface area contributed by atoms with E-state index < -0.39 is 0 Å². The largest absolute Gasteiger partial charge is 0.364 e. The zero-order valence-corrected chi connectivity index (χ0v) is 11.0. The minimum atomic E-state index is -0.182. The first-order chi connectivity index (χ1) is 9.15. The third-order valence-corrected chi connectivity index (χ3v) is 3.32. The second kappa shape index (κ2) is 4.53. The SMILES string of the molecule is CC(NC(=O)c1cn(C)nc1C1CC1)c1ccon1. The Morgan fingerprint density at radius 3 is 3.00 bits per heavy atom. The Labute approximate surface area is 110 Å². The molecule has 19 heavy (non-hydrogen) atoms. The molecular formula is C13H16N4O2. The maximum absolute atomic E-state index is 12.3. The Balaban J connectivity index is 1.77. The van der Waals surface area contributed by atoms with Crippen LogP contribution in [0.4, 0.5) is 0 Å². The molecule has 2 aromatic heterocycles. The van der Waals surface area contributed by atoms with Crippen LogP contribution in [0.1, 0.15) is 53.5 Å². The Morgan fingerprint density at radius 2 is 2.37 bits per heavy atom. The van der Waals surface area contributed by atoms with E-state index >= 15 is 0 Å². The van der Waals surface area contributed by atoms with Crippen molar-refractivity contribution in [3.05, 3.63) is 35.5 Å². The molecule has 1 aliphatic rings. The topological polar surface area (TPSA) is 73.0 Å². The molecule has 1 fully saturated rings. The highest BCUT2D eigenvalue weighted by Crippen LogP contribution is 2.40. The summed E-state index contributed by atoms with van der Waals surface area (Å²) in [7, 11) is 1.84. The molecule has 1 saturated carbocycles. The van der Waals surface area contributed by atoms with Crippen molar-refractivity contribution in [1.29, 1.82) is 0 Å². The molecule has 3 rings (SSSR count). The molecule has 1 atom stereocenters. The van der Waals surface area contributed by atoms with Gasteiger partial charge in [0.25, 0.3) is 5.91 Å². The summed E-state index contributed by atoms with van der Waals surface area (Å²) in [5.41, 5.74) is 2.29. The van der Waals surface area contributed by atoms with Crippen LogP contribution in [-0.4, -0.2) is 20.8 Å². The van der Waals surface area contributed by atoms with Crippen molar-refractivity contribution in [2.24, 2.45) is 7.05 Å². The van der Waals surface area contributed by atoms with E-state index in [9.17, 15) is 4.79 Å². The molecule has 6 heteroatoms. The summed E-state index contributed by atoms with van der Waals surface area (Å²) in [6.45, 7) is 1.88. The van der Waals surface area contributed by atoms with Crippen molar-refractivity contribution in [2.45, 2.75) is 31.7 Å². The van der Waals surface area contributed by atoms with Gasteiger partial charge in [-0.05, 0) is 19.8 Å². The molecule has 2 heterocycles. The standard InChI is InChI=1S/C13H16N4O2/c1-8(11-5-6-19-16-11)14-13(18)10-7-17(2)15-12(10)9-3-4-9/h5-9H,3-4H2,1-2H3,(H,14,18). The van der Waals surface area contributed by atoms with E-state index in [1.807, 2.05) is 14.0 Å². The van der Waals surface area contributed by atoms with E-state index in [1.165, 1.54) is 6.26 Å². The van der Waals surface area contributed by atoms with Crippen LogP contribution in [0.5, 0.6) is 0 Å². The monoisotopic (exact) mass is 260 g/mol. The molecule has 0 saturated heterocycles. The predicted octanol–water partition coefficient (Wildman–Crippen LogP) is 1.78. The molecule has 6 nitrogen and oxygen atoms in total. The average Bonchev–Trinajstić information content (AvgIpc) is 2.91. The number of carbonyl (C=O) groups excluding carboxylic acids is 1. The summed E-state index contributed by atoms with van der Waals surface area (Å²) in [5, 5.41) is 11.1. The molecule has 1 amide bonds. The molecule has 0 aliphatic heterocycles. The number of nitrogens with zero attached hydrogens (tertiary/aromatic N) is 3.